The Bertz CT molecular complexity index is 525. The van der Waals surface area contributed by atoms with Gasteiger partial charge in [0.1, 0.15) is 5.76 Å². The van der Waals surface area contributed by atoms with E-state index in [1.807, 2.05) is 13.0 Å². The SMILES string of the molecule is Cc1cc(C[C@@H]2CN(CCC(=O)NC3CCCC3)C[C@@H]2O)on1. The highest BCUT2D eigenvalue weighted by Crippen LogP contribution is 2.22. The van der Waals surface area contributed by atoms with Crippen LogP contribution in [0.1, 0.15) is 43.6 Å². The lowest BCUT2D eigenvalue weighted by Gasteiger charge is -2.16. The maximum atomic E-state index is 12.0. The zero-order valence-electron chi connectivity index (χ0n) is 13.8. The molecule has 0 radical (unpaired) electrons. The van der Waals surface area contributed by atoms with Crippen LogP contribution in [0, 0.1) is 12.8 Å². The van der Waals surface area contributed by atoms with E-state index in [0.717, 1.165) is 30.8 Å². The molecule has 1 amide bonds. The Hall–Kier alpha value is -1.40. The molecule has 1 aliphatic carbocycles. The average Bonchev–Trinajstić information content (AvgIpc) is 3.22. The van der Waals surface area contributed by atoms with Gasteiger partial charge in [0.25, 0.3) is 0 Å². The number of aliphatic hydroxyl groups is 1. The van der Waals surface area contributed by atoms with Crippen LogP contribution in [0.2, 0.25) is 0 Å². The van der Waals surface area contributed by atoms with Crippen molar-refractivity contribution in [1.82, 2.24) is 15.4 Å². The Balaban J connectivity index is 1.40. The molecule has 1 aromatic heterocycles. The van der Waals surface area contributed by atoms with E-state index < -0.39 is 0 Å². The van der Waals surface area contributed by atoms with Crippen LogP contribution < -0.4 is 5.32 Å². The third kappa shape index (κ3) is 4.54. The molecule has 1 aromatic rings. The second-order valence-corrected chi connectivity index (χ2v) is 7.02. The van der Waals surface area contributed by atoms with Crippen molar-refractivity contribution in [2.45, 2.75) is 57.6 Å². The van der Waals surface area contributed by atoms with E-state index >= 15 is 0 Å². The summed E-state index contributed by atoms with van der Waals surface area (Å²) in [4.78, 5) is 14.2. The molecule has 128 valence electrons. The first-order chi connectivity index (χ1) is 11.1. The highest BCUT2D eigenvalue weighted by molar-refractivity contribution is 5.76. The van der Waals surface area contributed by atoms with Crippen LogP contribution in [0.3, 0.4) is 0 Å². The van der Waals surface area contributed by atoms with Crippen LogP contribution in [-0.2, 0) is 11.2 Å². The Morgan fingerprint density at radius 1 is 1.43 bits per heavy atom. The summed E-state index contributed by atoms with van der Waals surface area (Å²) in [5, 5.41) is 17.2. The third-order valence-electron chi connectivity index (χ3n) is 5.00. The number of hydrogen-bond donors (Lipinski definition) is 2. The monoisotopic (exact) mass is 321 g/mol. The van der Waals surface area contributed by atoms with Gasteiger partial charge in [-0.05, 0) is 19.8 Å². The molecule has 1 saturated carbocycles. The summed E-state index contributed by atoms with van der Waals surface area (Å²) in [6.07, 6.45) is 5.54. The number of aliphatic hydroxyl groups excluding tert-OH is 1. The predicted octanol–water partition coefficient (Wildman–Crippen LogP) is 1.27. The Morgan fingerprint density at radius 3 is 2.91 bits per heavy atom. The number of aromatic nitrogens is 1. The molecule has 2 aliphatic rings. The molecule has 2 N–H and O–H groups in total. The molecule has 0 bridgehead atoms. The fourth-order valence-electron chi connectivity index (χ4n) is 3.73. The normalized spacial score (nSPS) is 26.0. The standard InChI is InChI=1S/C17H27N3O3/c1-12-8-15(23-19-12)9-13-10-20(11-16(13)21)7-6-17(22)18-14-4-2-3-5-14/h8,13-14,16,21H,2-7,9-11H2,1H3,(H,18,22)/t13-,16+/m1/s1. The quantitative estimate of drug-likeness (QED) is 0.825. The van der Waals surface area contributed by atoms with Crippen LogP contribution in [0.25, 0.3) is 0 Å². The van der Waals surface area contributed by atoms with Crippen LogP contribution in [0.4, 0.5) is 0 Å². The minimum absolute atomic E-state index is 0.140. The lowest BCUT2D eigenvalue weighted by molar-refractivity contribution is -0.122. The van der Waals surface area contributed by atoms with Gasteiger partial charge >= 0.3 is 0 Å². The number of nitrogens with one attached hydrogen (secondary N) is 1. The zero-order chi connectivity index (χ0) is 16.2. The smallest absolute Gasteiger partial charge is 0.221 e. The minimum Gasteiger partial charge on any atom is -0.391 e. The van der Waals surface area contributed by atoms with Crippen molar-refractivity contribution in [3.05, 3.63) is 17.5 Å². The summed E-state index contributed by atoms with van der Waals surface area (Å²) < 4.78 is 5.24. The summed E-state index contributed by atoms with van der Waals surface area (Å²) in [5.74, 6) is 1.12. The maximum Gasteiger partial charge on any atom is 0.221 e. The summed E-state index contributed by atoms with van der Waals surface area (Å²) >= 11 is 0. The number of nitrogens with zero attached hydrogens (tertiary/aromatic N) is 2. The first-order valence-corrected chi connectivity index (χ1v) is 8.72. The number of hydrogen-bond acceptors (Lipinski definition) is 5. The number of rotatable bonds is 6. The van der Waals surface area contributed by atoms with Crippen LogP contribution in [0.5, 0.6) is 0 Å². The van der Waals surface area contributed by atoms with Crippen molar-refractivity contribution in [3.63, 3.8) is 0 Å². The number of carbonyl (C=O) groups excluding carboxylic acids is 1. The van der Waals surface area contributed by atoms with Gasteiger partial charge in [-0.2, -0.15) is 0 Å². The second-order valence-electron chi connectivity index (χ2n) is 7.02. The van der Waals surface area contributed by atoms with E-state index in [-0.39, 0.29) is 17.9 Å². The van der Waals surface area contributed by atoms with E-state index in [4.69, 9.17) is 4.52 Å². The molecule has 0 spiro atoms. The van der Waals surface area contributed by atoms with Crippen molar-refractivity contribution >= 4 is 5.91 Å². The highest BCUT2D eigenvalue weighted by atomic mass is 16.5. The second kappa shape index (κ2) is 7.45. The average molecular weight is 321 g/mol. The Kier molecular flexibility index (Phi) is 5.33. The van der Waals surface area contributed by atoms with Gasteiger partial charge in [0.2, 0.25) is 5.91 Å². The van der Waals surface area contributed by atoms with Crippen LogP contribution in [-0.4, -0.2) is 52.9 Å². The Morgan fingerprint density at radius 2 is 2.22 bits per heavy atom. The van der Waals surface area contributed by atoms with Crippen molar-refractivity contribution < 1.29 is 14.4 Å². The molecule has 2 heterocycles. The highest BCUT2D eigenvalue weighted by Gasteiger charge is 2.32. The third-order valence-corrected chi connectivity index (χ3v) is 5.00. The van der Waals surface area contributed by atoms with Crippen molar-refractivity contribution in [2.75, 3.05) is 19.6 Å². The fourth-order valence-corrected chi connectivity index (χ4v) is 3.73. The van der Waals surface area contributed by atoms with E-state index in [1.165, 1.54) is 12.8 Å². The van der Waals surface area contributed by atoms with Gasteiger partial charge in [0.05, 0.1) is 11.8 Å². The largest absolute Gasteiger partial charge is 0.391 e. The molecule has 1 aliphatic heterocycles. The zero-order valence-corrected chi connectivity index (χ0v) is 13.8. The van der Waals surface area contributed by atoms with E-state index in [1.54, 1.807) is 0 Å². The molecule has 6 nitrogen and oxygen atoms in total. The van der Waals surface area contributed by atoms with Gasteiger partial charge < -0.3 is 14.9 Å². The molecule has 0 unspecified atom stereocenters. The van der Waals surface area contributed by atoms with E-state index in [0.29, 0.717) is 32.0 Å². The van der Waals surface area contributed by atoms with E-state index in [9.17, 15) is 9.90 Å². The number of aryl methyl sites for hydroxylation is 1. The summed E-state index contributed by atoms with van der Waals surface area (Å²) in [5.41, 5.74) is 0.868. The lowest BCUT2D eigenvalue weighted by Crippen LogP contribution is -2.35. The minimum atomic E-state index is -0.363. The molecule has 3 rings (SSSR count). The van der Waals surface area contributed by atoms with Gasteiger partial charge in [0.15, 0.2) is 0 Å². The summed E-state index contributed by atoms with van der Waals surface area (Å²) in [6.45, 7) is 4.04. The van der Waals surface area contributed by atoms with Crippen molar-refractivity contribution in [3.8, 4) is 0 Å². The van der Waals surface area contributed by atoms with Crippen LogP contribution >= 0.6 is 0 Å². The Labute approximate surface area is 137 Å². The molecule has 2 fully saturated rings. The van der Waals surface area contributed by atoms with E-state index in [2.05, 4.69) is 15.4 Å². The van der Waals surface area contributed by atoms with Crippen molar-refractivity contribution in [2.24, 2.45) is 5.92 Å². The predicted molar refractivity (Wildman–Crippen MR) is 85.9 cm³/mol. The number of β-amino-alcohol motifs (C(OH)–C–C–N with tert-alkyl or cyclic N) is 1. The van der Waals surface area contributed by atoms with Gasteiger partial charge in [-0.15, -0.1) is 0 Å². The molecular weight excluding hydrogens is 294 g/mol. The molecule has 6 heteroatoms. The van der Waals surface area contributed by atoms with Gasteiger partial charge in [-0.1, -0.05) is 18.0 Å². The number of likely N-dealkylation sites (tertiary alicyclic amines) is 1. The van der Waals surface area contributed by atoms with Crippen molar-refractivity contribution in [1.29, 1.82) is 0 Å². The maximum absolute atomic E-state index is 12.0. The fraction of sp³-hybridized carbons (Fsp3) is 0.765. The topological polar surface area (TPSA) is 78.6 Å². The lowest BCUT2D eigenvalue weighted by atomic mass is 10.0. The van der Waals surface area contributed by atoms with Gasteiger partial charge in [-0.25, -0.2) is 0 Å². The number of amides is 1. The van der Waals surface area contributed by atoms with Gasteiger partial charge in [0, 0.05) is 50.5 Å². The molecular formula is C17H27N3O3. The first-order valence-electron chi connectivity index (χ1n) is 8.72. The molecule has 23 heavy (non-hydrogen) atoms. The number of carbonyl (C=O) groups is 1. The molecule has 0 aromatic carbocycles. The summed E-state index contributed by atoms with van der Waals surface area (Å²) in [6, 6.07) is 2.30. The van der Waals surface area contributed by atoms with Gasteiger partial charge in [-0.3, -0.25) is 9.69 Å². The molecule has 2 atom stereocenters. The first kappa shape index (κ1) is 16.5. The van der Waals surface area contributed by atoms with Crippen LogP contribution in [0.15, 0.2) is 10.6 Å². The summed E-state index contributed by atoms with van der Waals surface area (Å²) in [7, 11) is 0. The molecule has 1 saturated heterocycles.